The van der Waals surface area contributed by atoms with Crippen LogP contribution in [0.3, 0.4) is 0 Å². The molecule has 1 N–H and O–H groups in total. The first kappa shape index (κ1) is 20.6. The lowest BCUT2D eigenvalue weighted by molar-refractivity contribution is -0.133. The Labute approximate surface area is 182 Å². The Morgan fingerprint density at radius 3 is 2.19 bits per heavy atom. The molecule has 2 amide bonds. The van der Waals surface area contributed by atoms with E-state index in [1.165, 1.54) is 11.9 Å². The Morgan fingerprint density at radius 1 is 0.871 bits per heavy atom. The summed E-state index contributed by atoms with van der Waals surface area (Å²) >= 11 is 0. The Bertz CT molecular complexity index is 988. The average molecular weight is 415 g/mol. The molecule has 6 nitrogen and oxygen atoms in total. The van der Waals surface area contributed by atoms with Gasteiger partial charge < -0.3 is 15.1 Å². The average Bonchev–Trinajstić information content (AvgIpc) is 2.85. The van der Waals surface area contributed by atoms with E-state index in [-0.39, 0.29) is 11.8 Å². The summed E-state index contributed by atoms with van der Waals surface area (Å²) in [5.74, 6) is -0.334. The Hall–Kier alpha value is -3.67. The quantitative estimate of drug-likeness (QED) is 0.674. The number of amides is 2. The van der Waals surface area contributed by atoms with Crippen molar-refractivity contribution in [2.75, 3.05) is 31.1 Å². The molecule has 3 aromatic rings. The number of anilines is 1. The SMILES string of the molecule is O=C(NC(Cc1ccccc1)C(=O)N1CCN(c2ccccc2)CC1)c1cccnc1. The molecule has 2 heterocycles. The zero-order valence-electron chi connectivity index (χ0n) is 17.4. The standard InChI is InChI=1S/C25H26N4O2/c30-24(21-10-7-13-26-19-21)27-23(18-20-8-3-1-4-9-20)25(31)29-16-14-28(15-17-29)22-11-5-2-6-12-22/h1-13,19,23H,14-18H2,(H,27,30). The topological polar surface area (TPSA) is 65.5 Å². The summed E-state index contributed by atoms with van der Waals surface area (Å²) in [6, 6.07) is 22.8. The van der Waals surface area contributed by atoms with Gasteiger partial charge in [0.15, 0.2) is 0 Å². The van der Waals surface area contributed by atoms with Crippen LogP contribution in [0.2, 0.25) is 0 Å². The van der Waals surface area contributed by atoms with Gasteiger partial charge in [0.05, 0.1) is 5.56 Å². The van der Waals surface area contributed by atoms with Crippen molar-refractivity contribution >= 4 is 17.5 Å². The maximum absolute atomic E-state index is 13.4. The van der Waals surface area contributed by atoms with Gasteiger partial charge in [-0.1, -0.05) is 48.5 Å². The summed E-state index contributed by atoms with van der Waals surface area (Å²) < 4.78 is 0. The second-order valence-corrected chi connectivity index (χ2v) is 7.61. The lowest BCUT2D eigenvalue weighted by Crippen LogP contribution is -2.55. The van der Waals surface area contributed by atoms with Crippen LogP contribution in [0, 0.1) is 0 Å². The molecule has 1 fully saturated rings. The van der Waals surface area contributed by atoms with Crippen molar-refractivity contribution in [2.24, 2.45) is 0 Å². The van der Waals surface area contributed by atoms with Crippen LogP contribution in [-0.2, 0) is 11.2 Å². The number of hydrogen-bond acceptors (Lipinski definition) is 4. The number of nitrogens with one attached hydrogen (secondary N) is 1. The van der Waals surface area contributed by atoms with E-state index in [4.69, 9.17) is 0 Å². The number of hydrogen-bond donors (Lipinski definition) is 1. The fraction of sp³-hybridized carbons (Fsp3) is 0.240. The van der Waals surface area contributed by atoms with Gasteiger partial charge in [-0.25, -0.2) is 0 Å². The minimum Gasteiger partial charge on any atom is -0.368 e. The molecule has 1 atom stereocenters. The van der Waals surface area contributed by atoms with E-state index in [1.807, 2.05) is 53.4 Å². The van der Waals surface area contributed by atoms with Gasteiger partial charge in [0.2, 0.25) is 5.91 Å². The van der Waals surface area contributed by atoms with Crippen LogP contribution in [0.1, 0.15) is 15.9 Å². The van der Waals surface area contributed by atoms with Gasteiger partial charge in [-0.3, -0.25) is 14.6 Å². The van der Waals surface area contributed by atoms with E-state index in [2.05, 4.69) is 27.3 Å². The molecule has 0 bridgehead atoms. The highest BCUT2D eigenvalue weighted by Gasteiger charge is 2.29. The van der Waals surface area contributed by atoms with E-state index in [9.17, 15) is 9.59 Å². The van der Waals surface area contributed by atoms with Crippen molar-refractivity contribution in [1.29, 1.82) is 0 Å². The molecule has 2 aromatic carbocycles. The van der Waals surface area contributed by atoms with E-state index < -0.39 is 6.04 Å². The second-order valence-electron chi connectivity index (χ2n) is 7.61. The highest BCUT2D eigenvalue weighted by Crippen LogP contribution is 2.17. The van der Waals surface area contributed by atoms with Crippen LogP contribution < -0.4 is 10.2 Å². The number of benzene rings is 2. The minimum absolute atomic E-state index is 0.0474. The van der Waals surface area contributed by atoms with Crippen LogP contribution in [0.4, 0.5) is 5.69 Å². The van der Waals surface area contributed by atoms with Gasteiger partial charge in [0.25, 0.3) is 5.91 Å². The van der Waals surface area contributed by atoms with Gasteiger partial charge >= 0.3 is 0 Å². The highest BCUT2D eigenvalue weighted by atomic mass is 16.2. The number of carbonyl (C=O) groups excluding carboxylic acids is 2. The van der Waals surface area contributed by atoms with Crippen molar-refractivity contribution < 1.29 is 9.59 Å². The van der Waals surface area contributed by atoms with Gasteiger partial charge in [0.1, 0.15) is 6.04 Å². The number of pyridine rings is 1. The van der Waals surface area contributed by atoms with Crippen LogP contribution in [0.15, 0.2) is 85.2 Å². The van der Waals surface area contributed by atoms with Crippen LogP contribution in [-0.4, -0.2) is 53.9 Å². The maximum atomic E-state index is 13.4. The third kappa shape index (κ3) is 5.28. The second kappa shape index (κ2) is 9.89. The van der Waals surface area contributed by atoms with E-state index in [0.29, 0.717) is 25.1 Å². The molecule has 0 spiro atoms. The third-order valence-corrected chi connectivity index (χ3v) is 5.52. The predicted octanol–water partition coefficient (Wildman–Crippen LogP) is 2.77. The summed E-state index contributed by atoms with van der Waals surface area (Å²) in [6.07, 6.45) is 3.58. The molecular weight excluding hydrogens is 388 g/mol. The molecular formula is C25H26N4O2. The lowest BCUT2D eigenvalue weighted by Gasteiger charge is -2.37. The third-order valence-electron chi connectivity index (χ3n) is 5.52. The van der Waals surface area contributed by atoms with Crippen LogP contribution in [0.5, 0.6) is 0 Å². The van der Waals surface area contributed by atoms with Crippen molar-refractivity contribution in [3.8, 4) is 0 Å². The van der Waals surface area contributed by atoms with Crippen molar-refractivity contribution in [1.82, 2.24) is 15.2 Å². The molecule has 158 valence electrons. The molecule has 0 aliphatic carbocycles. The Morgan fingerprint density at radius 2 is 1.55 bits per heavy atom. The first-order valence-corrected chi connectivity index (χ1v) is 10.5. The van der Waals surface area contributed by atoms with Crippen molar-refractivity contribution in [3.05, 3.63) is 96.3 Å². The number of aromatic nitrogens is 1. The number of para-hydroxylation sites is 1. The molecule has 1 aromatic heterocycles. The first-order chi connectivity index (χ1) is 15.2. The predicted molar refractivity (Wildman–Crippen MR) is 121 cm³/mol. The Balaban J connectivity index is 1.45. The zero-order chi connectivity index (χ0) is 21.5. The number of rotatable bonds is 6. The molecule has 1 unspecified atom stereocenters. The molecule has 0 radical (unpaired) electrons. The summed E-state index contributed by atoms with van der Waals surface area (Å²) in [5.41, 5.74) is 2.62. The molecule has 31 heavy (non-hydrogen) atoms. The molecule has 6 heteroatoms. The molecule has 1 aliphatic rings. The fourth-order valence-corrected chi connectivity index (χ4v) is 3.83. The monoisotopic (exact) mass is 414 g/mol. The normalized spacial score (nSPS) is 14.7. The zero-order valence-corrected chi connectivity index (χ0v) is 17.4. The number of carbonyl (C=O) groups is 2. The van der Waals surface area contributed by atoms with Crippen LogP contribution in [0.25, 0.3) is 0 Å². The highest BCUT2D eigenvalue weighted by molar-refractivity contribution is 5.97. The van der Waals surface area contributed by atoms with Gasteiger partial charge in [0, 0.05) is 50.7 Å². The number of piperazine rings is 1. The summed E-state index contributed by atoms with van der Waals surface area (Å²) in [4.78, 5) is 34.3. The van der Waals surface area contributed by atoms with Crippen molar-refractivity contribution in [2.45, 2.75) is 12.5 Å². The summed E-state index contributed by atoms with van der Waals surface area (Å²) in [6.45, 7) is 2.79. The van der Waals surface area contributed by atoms with Crippen molar-refractivity contribution in [3.63, 3.8) is 0 Å². The molecule has 1 saturated heterocycles. The van der Waals surface area contributed by atoms with E-state index in [1.54, 1.807) is 18.3 Å². The molecule has 0 saturated carbocycles. The van der Waals surface area contributed by atoms with Gasteiger partial charge in [-0.05, 0) is 29.8 Å². The largest absolute Gasteiger partial charge is 0.368 e. The fourth-order valence-electron chi connectivity index (χ4n) is 3.83. The van der Waals surface area contributed by atoms with Gasteiger partial charge in [-0.15, -0.1) is 0 Å². The molecule has 1 aliphatic heterocycles. The minimum atomic E-state index is -0.626. The smallest absolute Gasteiger partial charge is 0.253 e. The molecule has 4 rings (SSSR count). The maximum Gasteiger partial charge on any atom is 0.253 e. The Kier molecular flexibility index (Phi) is 6.57. The summed E-state index contributed by atoms with van der Waals surface area (Å²) in [5, 5.41) is 2.94. The van der Waals surface area contributed by atoms with Crippen LogP contribution >= 0.6 is 0 Å². The lowest BCUT2D eigenvalue weighted by atomic mass is 10.0. The first-order valence-electron chi connectivity index (χ1n) is 10.5. The number of nitrogens with zero attached hydrogens (tertiary/aromatic N) is 3. The van der Waals surface area contributed by atoms with Gasteiger partial charge in [-0.2, -0.15) is 0 Å². The van der Waals surface area contributed by atoms with E-state index in [0.717, 1.165) is 18.7 Å². The summed E-state index contributed by atoms with van der Waals surface area (Å²) in [7, 11) is 0. The van der Waals surface area contributed by atoms with E-state index >= 15 is 0 Å².